The van der Waals surface area contributed by atoms with Crippen molar-refractivity contribution in [2.75, 3.05) is 17.1 Å². The predicted octanol–water partition coefficient (Wildman–Crippen LogP) is 5.34. The molecule has 1 N–H and O–H groups in total. The van der Waals surface area contributed by atoms with Crippen molar-refractivity contribution >= 4 is 43.5 Å². The molecule has 39 heavy (non-hydrogen) atoms. The number of hydrogen-bond acceptors (Lipinski definition) is 5. The topological polar surface area (TPSA) is 96.0 Å². The lowest BCUT2D eigenvalue weighted by molar-refractivity contribution is -0.140. The second kappa shape index (κ2) is 12.7. The molecule has 0 unspecified atom stereocenters. The largest absolute Gasteiger partial charge is 0.457 e. The summed E-state index contributed by atoms with van der Waals surface area (Å²) in [6.07, 6.45) is 1.05. The second-order valence-electron chi connectivity index (χ2n) is 10.2. The van der Waals surface area contributed by atoms with E-state index in [1.807, 2.05) is 75.4 Å². The highest BCUT2D eigenvalue weighted by atomic mass is 79.9. The van der Waals surface area contributed by atoms with Crippen molar-refractivity contribution in [1.29, 1.82) is 0 Å². The zero-order valence-corrected chi connectivity index (χ0v) is 25.1. The van der Waals surface area contributed by atoms with Gasteiger partial charge in [-0.25, -0.2) is 8.42 Å². The maximum absolute atomic E-state index is 13.7. The van der Waals surface area contributed by atoms with Crippen LogP contribution < -0.4 is 14.4 Å². The summed E-state index contributed by atoms with van der Waals surface area (Å²) in [7, 11) is -3.83. The lowest BCUT2D eigenvalue weighted by Crippen LogP contribution is -2.54. The third-order valence-corrected chi connectivity index (χ3v) is 7.38. The normalized spacial score (nSPS) is 12.4. The maximum Gasteiger partial charge on any atom is 0.244 e. The smallest absolute Gasteiger partial charge is 0.244 e. The molecule has 2 amide bonds. The molecule has 0 heterocycles. The van der Waals surface area contributed by atoms with Crippen molar-refractivity contribution in [2.45, 2.75) is 45.8 Å². The molecule has 10 heteroatoms. The molecule has 0 saturated heterocycles. The van der Waals surface area contributed by atoms with Crippen LogP contribution in [0.25, 0.3) is 0 Å². The zero-order chi connectivity index (χ0) is 28.8. The number of halogens is 1. The van der Waals surface area contributed by atoms with Gasteiger partial charge in [0, 0.05) is 16.6 Å². The number of nitrogens with zero attached hydrogens (tertiary/aromatic N) is 2. The summed E-state index contributed by atoms with van der Waals surface area (Å²) in [6, 6.07) is 22.2. The van der Waals surface area contributed by atoms with Crippen LogP contribution >= 0.6 is 15.9 Å². The van der Waals surface area contributed by atoms with Gasteiger partial charge in [0.15, 0.2) is 0 Å². The van der Waals surface area contributed by atoms with E-state index < -0.39 is 34.1 Å². The number of para-hydroxylation sites is 1. The van der Waals surface area contributed by atoms with Crippen LogP contribution in [0.4, 0.5) is 5.69 Å². The molecule has 3 rings (SSSR count). The summed E-state index contributed by atoms with van der Waals surface area (Å²) < 4.78 is 33.3. The summed E-state index contributed by atoms with van der Waals surface area (Å²) in [6.45, 7) is 6.87. The number of amides is 2. The van der Waals surface area contributed by atoms with Crippen LogP contribution in [-0.4, -0.2) is 49.5 Å². The molecule has 3 aromatic rings. The highest BCUT2D eigenvalue weighted by Crippen LogP contribution is 2.26. The van der Waals surface area contributed by atoms with Crippen molar-refractivity contribution in [1.82, 2.24) is 10.2 Å². The van der Waals surface area contributed by atoms with E-state index in [1.165, 1.54) is 4.90 Å². The van der Waals surface area contributed by atoms with Gasteiger partial charge in [-0.2, -0.15) is 0 Å². The number of benzene rings is 3. The van der Waals surface area contributed by atoms with Crippen LogP contribution in [0.15, 0.2) is 83.3 Å². The number of carbonyl (C=O) groups is 2. The lowest BCUT2D eigenvalue weighted by Gasteiger charge is -2.33. The predicted molar refractivity (Wildman–Crippen MR) is 157 cm³/mol. The molecular formula is C29H34BrN3O5S. The van der Waals surface area contributed by atoms with Gasteiger partial charge in [-0.1, -0.05) is 46.3 Å². The molecule has 0 radical (unpaired) electrons. The van der Waals surface area contributed by atoms with E-state index in [0.717, 1.165) is 20.6 Å². The quantitative estimate of drug-likeness (QED) is 0.332. The van der Waals surface area contributed by atoms with Gasteiger partial charge in [0.1, 0.15) is 24.1 Å². The molecular weight excluding hydrogens is 582 g/mol. The Balaban J connectivity index is 1.87. The average Bonchev–Trinajstić information content (AvgIpc) is 2.86. The van der Waals surface area contributed by atoms with Crippen LogP contribution in [-0.2, 0) is 26.2 Å². The van der Waals surface area contributed by atoms with Gasteiger partial charge >= 0.3 is 0 Å². The number of rotatable bonds is 10. The number of ether oxygens (including phenoxy) is 1. The maximum atomic E-state index is 13.7. The fraction of sp³-hybridized carbons (Fsp3) is 0.310. The first-order valence-corrected chi connectivity index (χ1v) is 15.0. The van der Waals surface area contributed by atoms with Crippen molar-refractivity contribution in [3.05, 3.63) is 88.9 Å². The molecule has 8 nitrogen and oxygen atoms in total. The van der Waals surface area contributed by atoms with Crippen LogP contribution in [0.1, 0.15) is 33.3 Å². The van der Waals surface area contributed by atoms with Crippen molar-refractivity contribution in [3.63, 3.8) is 0 Å². The molecule has 0 bridgehead atoms. The molecule has 0 saturated carbocycles. The van der Waals surface area contributed by atoms with E-state index in [0.29, 0.717) is 17.2 Å². The minimum atomic E-state index is -3.83. The van der Waals surface area contributed by atoms with Gasteiger partial charge in [-0.05, 0) is 81.8 Å². The Hall–Kier alpha value is -3.37. The van der Waals surface area contributed by atoms with E-state index in [-0.39, 0.29) is 12.5 Å². The van der Waals surface area contributed by atoms with E-state index in [9.17, 15) is 18.0 Å². The Morgan fingerprint density at radius 3 is 2.03 bits per heavy atom. The molecule has 0 aliphatic carbocycles. The van der Waals surface area contributed by atoms with E-state index in [4.69, 9.17) is 4.74 Å². The summed E-state index contributed by atoms with van der Waals surface area (Å²) in [5, 5.41) is 2.90. The molecule has 0 aliphatic heterocycles. The number of anilines is 1. The van der Waals surface area contributed by atoms with Gasteiger partial charge in [-0.3, -0.25) is 13.9 Å². The highest BCUT2D eigenvalue weighted by molar-refractivity contribution is 9.10. The number of nitrogens with one attached hydrogen (secondary N) is 1. The summed E-state index contributed by atoms with van der Waals surface area (Å²) in [5.41, 5.74) is 0.608. The van der Waals surface area contributed by atoms with E-state index in [2.05, 4.69) is 21.2 Å². The molecule has 0 fully saturated rings. The van der Waals surface area contributed by atoms with Crippen LogP contribution in [0, 0.1) is 0 Å². The summed E-state index contributed by atoms with van der Waals surface area (Å²) in [5.74, 6) is 0.325. The fourth-order valence-corrected chi connectivity index (χ4v) is 4.88. The van der Waals surface area contributed by atoms with Crippen LogP contribution in [0.2, 0.25) is 0 Å². The lowest BCUT2D eigenvalue weighted by atomic mass is 10.1. The molecule has 0 aliphatic rings. The molecule has 0 spiro atoms. The van der Waals surface area contributed by atoms with Gasteiger partial charge in [0.05, 0.1) is 11.9 Å². The third kappa shape index (κ3) is 9.11. The minimum Gasteiger partial charge on any atom is -0.457 e. The van der Waals surface area contributed by atoms with Crippen LogP contribution in [0.3, 0.4) is 0 Å². The monoisotopic (exact) mass is 615 g/mol. The number of hydrogen-bond donors (Lipinski definition) is 1. The molecule has 208 valence electrons. The first-order chi connectivity index (χ1) is 18.2. The Morgan fingerprint density at radius 1 is 0.923 bits per heavy atom. The van der Waals surface area contributed by atoms with Gasteiger partial charge in [0.2, 0.25) is 21.8 Å². The zero-order valence-electron chi connectivity index (χ0n) is 22.7. The number of carbonyl (C=O) groups excluding carboxylic acids is 2. The van der Waals surface area contributed by atoms with Crippen LogP contribution in [0.5, 0.6) is 11.5 Å². The first kappa shape index (κ1) is 30.2. The Labute approximate surface area is 239 Å². The summed E-state index contributed by atoms with van der Waals surface area (Å²) in [4.78, 5) is 28.1. The van der Waals surface area contributed by atoms with Crippen molar-refractivity contribution in [2.24, 2.45) is 0 Å². The SMILES string of the molecule is C[C@H](C(=O)NC(C)(C)C)N(Cc1ccc(Br)cc1)C(=O)CN(c1ccc(Oc2ccccc2)cc1)S(C)(=O)=O. The van der Waals surface area contributed by atoms with Gasteiger partial charge < -0.3 is 15.0 Å². The van der Waals surface area contributed by atoms with E-state index in [1.54, 1.807) is 31.2 Å². The first-order valence-electron chi connectivity index (χ1n) is 12.4. The second-order valence-corrected chi connectivity index (χ2v) is 13.1. The minimum absolute atomic E-state index is 0.131. The Morgan fingerprint density at radius 2 is 1.49 bits per heavy atom. The van der Waals surface area contributed by atoms with E-state index >= 15 is 0 Å². The molecule has 1 atom stereocenters. The fourth-order valence-electron chi connectivity index (χ4n) is 3.76. The highest BCUT2D eigenvalue weighted by Gasteiger charge is 2.31. The molecule has 0 aromatic heterocycles. The van der Waals surface area contributed by atoms with Gasteiger partial charge in [-0.15, -0.1) is 0 Å². The average molecular weight is 617 g/mol. The van der Waals surface area contributed by atoms with Gasteiger partial charge in [0.25, 0.3) is 0 Å². The Bertz CT molecular complexity index is 1370. The molecule has 3 aromatic carbocycles. The van der Waals surface area contributed by atoms with Crippen molar-refractivity contribution < 1.29 is 22.7 Å². The number of sulfonamides is 1. The van der Waals surface area contributed by atoms with Crippen molar-refractivity contribution in [3.8, 4) is 11.5 Å². The summed E-state index contributed by atoms with van der Waals surface area (Å²) >= 11 is 3.40. The Kier molecular flexibility index (Phi) is 9.79. The standard InChI is InChI=1S/C29H34BrN3O5S/c1-21(28(35)31-29(2,3)4)32(19-22-11-13-23(30)14-12-22)27(34)20-33(39(5,36)37)24-15-17-26(18-16-24)38-25-9-7-6-8-10-25/h6-18,21H,19-20H2,1-5H3,(H,31,35)/t21-/m1/s1. The third-order valence-electron chi connectivity index (χ3n) is 5.71.